The Morgan fingerprint density at radius 1 is 0.917 bits per heavy atom. The van der Waals surface area contributed by atoms with Crippen molar-refractivity contribution in [1.29, 1.82) is 0 Å². The number of β-lactam (4-membered cyclic amide) rings is 1. The molecule has 2 saturated heterocycles. The van der Waals surface area contributed by atoms with Crippen molar-refractivity contribution in [1.82, 2.24) is 9.80 Å². The van der Waals surface area contributed by atoms with Crippen LogP contribution in [0, 0.1) is 17.3 Å². The second-order valence-corrected chi connectivity index (χ2v) is 8.61. The van der Waals surface area contributed by atoms with E-state index in [2.05, 4.69) is 40.1 Å². The molecule has 0 N–H and O–H groups in total. The van der Waals surface area contributed by atoms with Gasteiger partial charge in [0.25, 0.3) is 0 Å². The summed E-state index contributed by atoms with van der Waals surface area (Å²) in [5.41, 5.74) is 1.25. The van der Waals surface area contributed by atoms with E-state index < -0.39 is 0 Å². The summed E-state index contributed by atoms with van der Waals surface area (Å²) in [7, 11) is 0. The Morgan fingerprint density at radius 3 is 2.17 bits per heavy atom. The summed E-state index contributed by atoms with van der Waals surface area (Å²) in [5, 5.41) is 0. The smallest absolute Gasteiger partial charge is 0.231 e. The van der Waals surface area contributed by atoms with Gasteiger partial charge in [-0.2, -0.15) is 0 Å². The molecule has 1 spiro atoms. The minimum absolute atomic E-state index is 0.101. The first-order valence-corrected chi connectivity index (χ1v) is 9.85. The third-order valence-corrected chi connectivity index (χ3v) is 6.75. The van der Waals surface area contributed by atoms with Crippen LogP contribution in [-0.2, 0) is 4.79 Å². The molecule has 2 saturated carbocycles. The lowest BCUT2D eigenvalue weighted by molar-refractivity contribution is -0.181. The van der Waals surface area contributed by atoms with Crippen LogP contribution >= 0.6 is 0 Å². The first kappa shape index (κ1) is 14.9. The van der Waals surface area contributed by atoms with Crippen molar-refractivity contribution in [3.63, 3.8) is 0 Å². The third kappa shape index (κ3) is 2.48. The van der Waals surface area contributed by atoms with Gasteiger partial charge in [-0.15, -0.1) is 0 Å². The van der Waals surface area contributed by atoms with Crippen molar-refractivity contribution in [3.8, 4) is 0 Å². The van der Waals surface area contributed by atoms with Crippen LogP contribution in [-0.4, -0.2) is 41.9 Å². The molecular formula is C21H28N2O. The Hall–Kier alpha value is -1.35. The highest BCUT2D eigenvalue weighted by Crippen LogP contribution is 2.57. The van der Waals surface area contributed by atoms with Crippen molar-refractivity contribution in [2.24, 2.45) is 17.3 Å². The molecule has 0 radical (unpaired) electrons. The second-order valence-electron chi connectivity index (χ2n) is 8.61. The van der Waals surface area contributed by atoms with Gasteiger partial charge in [-0.05, 0) is 69.0 Å². The lowest BCUT2D eigenvalue weighted by Gasteiger charge is -2.59. The number of carbonyl (C=O) groups is 1. The Morgan fingerprint density at radius 2 is 1.54 bits per heavy atom. The van der Waals surface area contributed by atoms with Crippen LogP contribution in [0.2, 0.25) is 0 Å². The number of benzene rings is 1. The Kier molecular flexibility index (Phi) is 3.48. The third-order valence-electron chi connectivity index (χ3n) is 6.75. The maximum atomic E-state index is 13.1. The van der Waals surface area contributed by atoms with Gasteiger partial charge in [0.15, 0.2) is 0 Å². The molecular weight excluding hydrogens is 296 g/mol. The van der Waals surface area contributed by atoms with E-state index in [1.807, 2.05) is 0 Å². The van der Waals surface area contributed by atoms with Gasteiger partial charge >= 0.3 is 0 Å². The fourth-order valence-electron chi connectivity index (χ4n) is 4.94. The first-order chi connectivity index (χ1) is 11.8. The number of carbonyl (C=O) groups excluding carboxylic acids is 1. The van der Waals surface area contributed by atoms with Gasteiger partial charge in [-0.1, -0.05) is 30.3 Å². The quantitative estimate of drug-likeness (QED) is 0.774. The van der Waals surface area contributed by atoms with Gasteiger partial charge in [0.1, 0.15) is 0 Å². The van der Waals surface area contributed by atoms with Crippen molar-refractivity contribution < 1.29 is 4.79 Å². The molecule has 0 unspecified atom stereocenters. The van der Waals surface area contributed by atoms with Crippen LogP contribution in [0.5, 0.6) is 0 Å². The summed E-state index contributed by atoms with van der Waals surface area (Å²) < 4.78 is 0. The summed E-state index contributed by atoms with van der Waals surface area (Å²) in [5.74, 6) is 2.18. The molecule has 3 heteroatoms. The van der Waals surface area contributed by atoms with Crippen molar-refractivity contribution in [2.45, 2.75) is 44.6 Å². The molecule has 1 aromatic carbocycles. The maximum absolute atomic E-state index is 13.1. The standard InChI is InChI=1S/C21H28N2O/c24-20-21(10-12-22(13-11-21)14-16-6-7-16)19(18-4-2-1-3-5-18)23(20)15-17-8-9-17/h1-5,16-17,19H,6-15H2/t19-/m0/s1. The number of likely N-dealkylation sites (tertiary alicyclic amines) is 2. The van der Waals surface area contributed by atoms with E-state index >= 15 is 0 Å². The second kappa shape index (κ2) is 5.59. The largest absolute Gasteiger partial charge is 0.334 e. The van der Waals surface area contributed by atoms with Gasteiger partial charge in [-0.25, -0.2) is 0 Å². The zero-order valence-corrected chi connectivity index (χ0v) is 14.5. The van der Waals surface area contributed by atoms with Gasteiger partial charge in [0, 0.05) is 13.1 Å². The molecule has 24 heavy (non-hydrogen) atoms. The molecule has 1 amide bonds. The van der Waals surface area contributed by atoms with Crippen LogP contribution < -0.4 is 0 Å². The average molecular weight is 324 g/mol. The van der Waals surface area contributed by atoms with Crippen LogP contribution in [0.4, 0.5) is 0 Å². The number of hydrogen-bond donors (Lipinski definition) is 0. The molecule has 2 aliphatic carbocycles. The first-order valence-electron chi connectivity index (χ1n) is 9.85. The molecule has 5 rings (SSSR count). The SMILES string of the molecule is O=C1N(CC2CC2)[C@@H](c2ccccc2)C12CCN(CC1CC1)CC2. The van der Waals surface area contributed by atoms with Gasteiger partial charge in [-0.3, -0.25) is 4.79 Å². The molecule has 3 nitrogen and oxygen atoms in total. The van der Waals surface area contributed by atoms with Crippen LogP contribution in [0.1, 0.15) is 50.1 Å². The number of hydrogen-bond acceptors (Lipinski definition) is 2. The monoisotopic (exact) mass is 324 g/mol. The van der Waals surface area contributed by atoms with Crippen molar-refractivity contribution in [2.75, 3.05) is 26.2 Å². The van der Waals surface area contributed by atoms with Crippen molar-refractivity contribution >= 4 is 5.91 Å². The minimum Gasteiger partial charge on any atom is -0.334 e. The molecule has 1 atom stereocenters. The molecule has 4 fully saturated rings. The van der Waals surface area contributed by atoms with Gasteiger partial charge in [0.2, 0.25) is 5.91 Å². The highest BCUT2D eigenvalue weighted by atomic mass is 16.2. The van der Waals surface area contributed by atoms with Gasteiger partial charge in [0.05, 0.1) is 11.5 Å². The predicted octanol–water partition coefficient (Wildman–Crippen LogP) is 3.47. The zero-order chi connectivity index (χ0) is 16.1. The van der Waals surface area contributed by atoms with Crippen LogP contribution in [0.3, 0.4) is 0 Å². The Bertz CT molecular complexity index is 612. The number of piperidine rings is 1. The summed E-state index contributed by atoms with van der Waals surface area (Å²) in [6, 6.07) is 11.1. The fraction of sp³-hybridized carbons (Fsp3) is 0.667. The summed E-state index contributed by atoms with van der Waals surface area (Å²) in [4.78, 5) is 18.0. The molecule has 128 valence electrons. The van der Waals surface area contributed by atoms with Crippen LogP contribution in [0.25, 0.3) is 0 Å². The Balaban J connectivity index is 1.36. The minimum atomic E-state index is -0.101. The van der Waals surface area contributed by atoms with E-state index in [1.54, 1.807) is 0 Å². The summed E-state index contributed by atoms with van der Waals surface area (Å²) in [6.07, 6.45) is 7.57. The molecule has 1 aromatic rings. The fourth-order valence-corrected chi connectivity index (χ4v) is 4.94. The topological polar surface area (TPSA) is 23.6 Å². The molecule has 0 aromatic heterocycles. The summed E-state index contributed by atoms with van der Waals surface area (Å²) in [6.45, 7) is 4.49. The van der Waals surface area contributed by atoms with E-state index in [-0.39, 0.29) is 5.41 Å². The number of amides is 1. The number of nitrogens with zero attached hydrogens (tertiary/aromatic N) is 2. The molecule has 4 aliphatic rings. The number of rotatable bonds is 5. The van der Waals surface area contributed by atoms with Crippen molar-refractivity contribution in [3.05, 3.63) is 35.9 Å². The zero-order valence-electron chi connectivity index (χ0n) is 14.5. The highest BCUT2D eigenvalue weighted by molar-refractivity contribution is 5.91. The maximum Gasteiger partial charge on any atom is 0.231 e. The van der Waals surface area contributed by atoms with Gasteiger partial charge < -0.3 is 9.80 Å². The molecule has 2 heterocycles. The van der Waals surface area contributed by atoms with E-state index in [0.29, 0.717) is 11.9 Å². The van der Waals surface area contributed by atoms with E-state index in [4.69, 9.17) is 0 Å². The average Bonchev–Trinajstić information content (AvgIpc) is 3.52. The van der Waals surface area contributed by atoms with Crippen LogP contribution in [0.15, 0.2) is 30.3 Å². The van der Waals surface area contributed by atoms with E-state index in [0.717, 1.165) is 44.3 Å². The predicted molar refractivity (Wildman–Crippen MR) is 94.5 cm³/mol. The molecule has 0 bridgehead atoms. The lowest BCUT2D eigenvalue weighted by Crippen LogP contribution is -2.66. The summed E-state index contributed by atoms with van der Waals surface area (Å²) >= 11 is 0. The lowest BCUT2D eigenvalue weighted by atomic mass is 9.62. The highest BCUT2D eigenvalue weighted by Gasteiger charge is 2.61. The molecule has 2 aliphatic heterocycles. The van der Waals surface area contributed by atoms with E-state index in [1.165, 1.54) is 37.8 Å². The van der Waals surface area contributed by atoms with E-state index in [9.17, 15) is 4.79 Å². The Labute approximate surface area is 145 Å². The normalized spacial score (nSPS) is 29.8.